The molecule has 1 fully saturated rings. The lowest BCUT2D eigenvalue weighted by molar-refractivity contribution is 0.0696. The smallest absolute Gasteiger partial charge is 0.337 e. The minimum Gasteiger partial charge on any atom is -0.508 e. The molecule has 2 aromatic rings. The van der Waals surface area contributed by atoms with Gasteiger partial charge in [0.2, 0.25) is 0 Å². The van der Waals surface area contributed by atoms with Gasteiger partial charge in [0.15, 0.2) is 0 Å². The fourth-order valence-corrected chi connectivity index (χ4v) is 2.74. The Balaban J connectivity index is 0.000000172. The zero-order valence-corrected chi connectivity index (χ0v) is 12.5. The first-order chi connectivity index (χ1) is 10.7. The first kappa shape index (κ1) is 16.0. The number of benzene rings is 1. The van der Waals surface area contributed by atoms with Gasteiger partial charge in [-0.25, -0.2) is 4.79 Å². The molecule has 1 aliphatic carbocycles. The average molecular weight is 299 g/mol. The van der Waals surface area contributed by atoms with Crippen molar-refractivity contribution in [1.29, 1.82) is 0 Å². The zero-order valence-electron chi connectivity index (χ0n) is 12.5. The fraction of sp³-hybridized carbons (Fsp3) is 0.333. The summed E-state index contributed by atoms with van der Waals surface area (Å²) in [6.45, 7) is 0. The number of phenols is 1. The lowest BCUT2D eigenvalue weighted by atomic mass is 9.84. The van der Waals surface area contributed by atoms with Crippen molar-refractivity contribution in [1.82, 2.24) is 4.98 Å². The average Bonchev–Trinajstić information content (AvgIpc) is 2.57. The second kappa shape index (κ2) is 8.17. The Morgan fingerprint density at radius 3 is 2.32 bits per heavy atom. The molecule has 0 radical (unpaired) electrons. The minimum atomic E-state index is -0.942. The molecule has 0 bridgehead atoms. The Hall–Kier alpha value is -2.36. The summed E-state index contributed by atoms with van der Waals surface area (Å²) in [6.07, 6.45) is 9.34. The van der Waals surface area contributed by atoms with E-state index in [4.69, 9.17) is 5.11 Å². The summed E-state index contributed by atoms with van der Waals surface area (Å²) < 4.78 is 0. The molecule has 0 aliphatic heterocycles. The van der Waals surface area contributed by atoms with Crippen LogP contribution in [0.2, 0.25) is 0 Å². The van der Waals surface area contributed by atoms with Crippen molar-refractivity contribution in [3.63, 3.8) is 0 Å². The number of rotatable bonds is 2. The van der Waals surface area contributed by atoms with Gasteiger partial charge in [-0.15, -0.1) is 0 Å². The van der Waals surface area contributed by atoms with Crippen LogP contribution in [0.15, 0.2) is 48.8 Å². The van der Waals surface area contributed by atoms with Gasteiger partial charge in [-0.05, 0) is 42.5 Å². The van der Waals surface area contributed by atoms with Gasteiger partial charge < -0.3 is 10.2 Å². The van der Waals surface area contributed by atoms with Crippen molar-refractivity contribution >= 4 is 5.97 Å². The van der Waals surface area contributed by atoms with Gasteiger partial charge in [-0.3, -0.25) is 4.98 Å². The molecular weight excluding hydrogens is 278 g/mol. The third kappa shape index (κ3) is 4.58. The number of nitrogens with zero attached hydrogens (tertiary/aromatic N) is 1. The molecule has 2 N–H and O–H groups in total. The third-order valence-electron chi connectivity index (χ3n) is 3.89. The number of aromatic hydroxyl groups is 1. The summed E-state index contributed by atoms with van der Waals surface area (Å²) in [7, 11) is 0. The molecule has 1 saturated carbocycles. The van der Waals surface area contributed by atoms with E-state index in [-0.39, 0.29) is 5.56 Å². The van der Waals surface area contributed by atoms with E-state index in [0.29, 0.717) is 11.7 Å². The molecular formula is C18H21NO3. The summed E-state index contributed by atoms with van der Waals surface area (Å²) in [5.74, 6) is 0.146. The molecule has 116 valence electrons. The standard InChI is InChI=1S/C12H16O.C6H5NO2/c13-12-9-5-4-8-11(12)10-6-2-1-3-7-10;8-6(9)5-2-1-3-7-4-5/h4-5,8-10,13H,1-3,6-7H2;1-4H,(H,8,9). The molecule has 0 unspecified atom stereocenters. The number of phenolic OH excluding ortho intramolecular Hbond substituents is 1. The molecule has 4 nitrogen and oxygen atoms in total. The zero-order chi connectivity index (χ0) is 15.8. The summed E-state index contributed by atoms with van der Waals surface area (Å²) in [6, 6.07) is 10.8. The van der Waals surface area contributed by atoms with Gasteiger partial charge in [0.1, 0.15) is 5.75 Å². The molecule has 0 spiro atoms. The molecule has 1 heterocycles. The van der Waals surface area contributed by atoms with Crippen LogP contribution in [0.25, 0.3) is 0 Å². The van der Waals surface area contributed by atoms with E-state index < -0.39 is 5.97 Å². The van der Waals surface area contributed by atoms with Crippen LogP contribution in [0.1, 0.15) is 53.9 Å². The van der Waals surface area contributed by atoms with Gasteiger partial charge in [-0.2, -0.15) is 0 Å². The lowest BCUT2D eigenvalue weighted by Gasteiger charge is -2.22. The molecule has 1 aliphatic rings. The Morgan fingerprint density at radius 1 is 1.05 bits per heavy atom. The van der Waals surface area contributed by atoms with Crippen LogP contribution in [-0.2, 0) is 0 Å². The summed E-state index contributed by atoms with van der Waals surface area (Å²) in [5.41, 5.74) is 1.37. The van der Waals surface area contributed by atoms with Gasteiger partial charge >= 0.3 is 5.97 Å². The number of pyridine rings is 1. The largest absolute Gasteiger partial charge is 0.508 e. The molecule has 0 saturated heterocycles. The van der Waals surface area contributed by atoms with Crippen molar-refractivity contribution in [2.45, 2.75) is 38.0 Å². The van der Waals surface area contributed by atoms with Crippen molar-refractivity contribution in [2.75, 3.05) is 0 Å². The molecule has 0 atom stereocenters. The number of aromatic nitrogens is 1. The highest BCUT2D eigenvalue weighted by Crippen LogP contribution is 2.36. The normalized spacial score (nSPS) is 14.7. The van der Waals surface area contributed by atoms with Crippen molar-refractivity contribution in [3.05, 3.63) is 59.9 Å². The maximum Gasteiger partial charge on any atom is 0.337 e. The highest BCUT2D eigenvalue weighted by molar-refractivity contribution is 5.86. The predicted molar refractivity (Wildman–Crippen MR) is 85.1 cm³/mol. The van der Waals surface area contributed by atoms with E-state index in [2.05, 4.69) is 11.1 Å². The monoisotopic (exact) mass is 299 g/mol. The van der Waals surface area contributed by atoms with Crippen LogP contribution in [0.4, 0.5) is 0 Å². The van der Waals surface area contributed by atoms with Gasteiger partial charge in [0, 0.05) is 12.4 Å². The highest BCUT2D eigenvalue weighted by atomic mass is 16.4. The topological polar surface area (TPSA) is 70.4 Å². The Kier molecular flexibility index (Phi) is 5.95. The maximum absolute atomic E-state index is 10.2. The Labute approximate surface area is 130 Å². The number of hydrogen-bond donors (Lipinski definition) is 2. The number of carboxylic acid groups (broad SMARTS) is 1. The number of para-hydroxylation sites is 1. The van der Waals surface area contributed by atoms with E-state index in [9.17, 15) is 9.90 Å². The van der Waals surface area contributed by atoms with Gasteiger partial charge in [0.25, 0.3) is 0 Å². The number of carboxylic acids is 1. The molecule has 3 rings (SSSR count). The molecule has 0 amide bonds. The quantitative estimate of drug-likeness (QED) is 0.871. The Morgan fingerprint density at radius 2 is 1.77 bits per heavy atom. The van der Waals surface area contributed by atoms with Crippen LogP contribution >= 0.6 is 0 Å². The van der Waals surface area contributed by atoms with E-state index in [1.165, 1.54) is 50.6 Å². The van der Waals surface area contributed by atoms with Crippen molar-refractivity contribution in [2.24, 2.45) is 0 Å². The second-order valence-corrected chi connectivity index (χ2v) is 5.44. The fourth-order valence-electron chi connectivity index (χ4n) is 2.74. The van der Waals surface area contributed by atoms with E-state index in [0.717, 1.165) is 5.56 Å². The van der Waals surface area contributed by atoms with Crippen LogP contribution in [-0.4, -0.2) is 21.2 Å². The molecule has 22 heavy (non-hydrogen) atoms. The van der Waals surface area contributed by atoms with Crippen molar-refractivity contribution < 1.29 is 15.0 Å². The summed E-state index contributed by atoms with van der Waals surface area (Å²) >= 11 is 0. The second-order valence-electron chi connectivity index (χ2n) is 5.44. The van der Waals surface area contributed by atoms with Crippen LogP contribution < -0.4 is 0 Å². The third-order valence-corrected chi connectivity index (χ3v) is 3.89. The van der Waals surface area contributed by atoms with Gasteiger partial charge in [0.05, 0.1) is 5.56 Å². The minimum absolute atomic E-state index is 0.220. The Bertz CT molecular complexity index is 592. The van der Waals surface area contributed by atoms with Crippen LogP contribution in [0.3, 0.4) is 0 Å². The summed E-state index contributed by atoms with van der Waals surface area (Å²) in [4.78, 5) is 13.8. The van der Waals surface area contributed by atoms with E-state index >= 15 is 0 Å². The first-order valence-electron chi connectivity index (χ1n) is 7.59. The van der Waals surface area contributed by atoms with Crippen LogP contribution in [0.5, 0.6) is 5.75 Å². The highest BCUT2D eigenvalue weighted by Gasteiger charge is 2.17. The molecule has 1 aromatic carbocycles. The lowest BCUT2D eigenvalue weighted by Crippen LogP contribution is -2.04. The first-order valence-corrected chi connectivity index (χ1v) is 7.59. The molecule has 1 aromatic heterocycles. The number of aromatic carboxylic acids is 1. The molecule has 4 heteroatoms. The van der Waals surface area contributed by atoms with Crippen molar-refractivity contribution in [3.8, 4) is 5.75 Å². The summed E-state index contributed by atoms with van der Waals surface area (Å²) in [5, 5.41) is 18.0. The SMILES string of the molecule is O=C(O)c1cccnc1.Oc1ccccc1C1CCCCC1. The maximum atomic E-state index is 10.2. The van der Waals surface area contributed by atoms with Gasteiger partial charge in [-0.1, -0.05) is 37.5 Å². The number of carbonyl (C=O) groups is 1. The number of hydrogen-bond acceptors (Lipinski definition) is 3. The predicted octanol–water partition coefficient (Wildman–Crippen LogP) is 4.22. The van der Waals surface area contributed by atoms with Crippen LogP contribution in [0, 0.1) is 0 Å². The van der Waals surface area contributed by atoms with E-state index in [1.807, 2.05) is 12.1 Å². The van der Waals surface area contributed by atoms with E-state index in [1.54, 1.807) is 12.1 Å².